The molecular formula is C19H39O5P. The van der Waals surface area contributed by atoms with Crippen molar-refractivity contribution in [2.45, 2.75) is 109 Å². The maximum Gasteiger partial charge on any atom is 0.325 e. The lowest BCUT2D eigenvalue weighted by Gasteiger charge is -2.04. The Morgan fingerprint density at radius 1 is 0.560 bits per heavy atom. The normalized spacial score (nSPS) is 11.8. The summed E-state index contributed by atoms with van der Waals surface area (Å²) in [6.45, 7) is 0. The van der Waals surface area contributed by atoms with Crippen LogP contribution in [0.3, 0.4) is 0 Å². The van der Waals surface area contributed by atoms with E-state index in [4.69, 9.17) is 14.9 Å². The molecule has 0 fully saturated rings. The van der Waals surface area contributed by atoms with E-state index in [1.807, 2.05) is 0 Å². The molecule has 0 saturated heterocycles. The lowest BCUT2D eigenvalue weighted by Crippen LogP contribution is -1.93. The van der Waals surface area contributed by atoms with Gasteiger partial charge in [0.15, 0.2) is 0 Å². The molecule has 0 atom stereocenters. The Bertz CT molecular complexity index is 354. The van der Waals surface area contributed by atoms with Gasteiger partial charge >= 0.3 is 13.6 Å². The molecule has 0 aromatic carbocycles. The van der Waals surface area contributed by atoms with E-state index in [0.29, 0.717) is 12.8 Å². The second-order valence-corrected chi connectivity index (χ2v) is 8.97. The Labute approximate surface area is 153 Å². The van der Waals surface area contributed by atoms with Crippen molar-refractivity contribution in [2.75, 3.05) is 6.16 Å². The van der Waals surface area contributed by atoms with E-state index in [1.165, 1.54) is 70.6 Å². The molecule has 0 heterocycles. The zero-order valence-corrected chi connectivity index (χ0v) is 16.7. The highest BCUT2D eigenvalue weighted by Gasteiger charge is 2.10. The molecule has 3 N–H and O–H groups in total. The van der Waals surface area contributed by atoms with Gasteiger partial charge in [-0.1, -0.05) is 89.9 Å². The molecular weight excluding hydrogens is 339 g/mol. The van der Waals surface area contributed by atoms with E-state index in [2.05, 4.69) is 0 Å². The number of hydrogen-bond donors (Lipinski definition) is 3. The predicted octanol–water partition coefficient (Wildman–Crippen LogP) is 5.88. The molecule has 0 unspecified atom stereocenters. The molecule has 0 saturated carbocycles. The number of unbranched alkanes of at least 4 members (excludes halogenated alkanes) is 15. The first-order valence-electron chi connectivity index (χ1n) is 10.2. The van der Waals surface area contributed by atoms with Gasteiger partial charge < -0.3 is 14.9 Å². The Balaban J connectivity index is 3.05. The van der Waals surface area contributed by atoms with Crippen molar-refractivity contribution in [3.05, 3.63) is 0 Å². The van der Waals surface area contributed by atoms with E-state index >= 15 is 0 Å². The van der Waals surface area contributed by atoms with Crippen LogP contribution in [0.4, 0.5) is 0 Å². The molecule has 0 aromatic heterocycles. The third-order valence-electron chi connectivity index (χ3n) is 4.59. The maximum absolute atomic E-state index is 10.7. The van der Waals surface area contributed by atoms with Gasteiger partial charge in [-0.15, -0.1) is 0 Å². The molecule has 0 aliphatic rings. The number of carboxylic acids is 1. The average Bonchev–Trinajstić information content (AvgIpc) is 2.52. The van der Waals surface area contributed by atoms with Crippen molar-refractivity contribution < 1.29 is 24.3 Å². The van der Waals surface area contributed by atoms with Gasteiger partial charge in [0.1, 0.15) is 0 Å². The van der Waals surface area contributed by atoms with E-state index in [-0.39, 0.29) is 6.16 Å². The minimum Gasteiger partial charge on any atom is -0.481 e. The fraction of sp³-hybridized carbons (Fsp3) is 0.947. The monoisotopic (exact) mass is 378 g/mol. The van der Waals surface area contributed by atoms with Gasteiger partial charge in [-0.25, -0.2) is 0 Å². The van der Waals surface area contributed by atoms with Crippen molar-refractivity contribution in [3.8, 4) is 0 Å². The molecule has 0 bridgehead atoms. The second kappa shape index (κ2) is 17.1. The summed E-state index contributed by atoms with van der Waals surface area (Å²) >= 11 is 0. The molecule has 25 heavy (non-hydrogen) atoms. The molecule has 6 heteroatoms. The van der Waals surface area contributed by atoms with Gasteiger partial charge in [0.2, 0.25) is 0 Å². The summed E-state index contributed by atoms with van der Waals surface area (Å²) in [5.74, 6) is -0.681. The van der Waals surface area contributed by atoms with Crippen LogP contribution in [-0.4, -0.2) is 27.0 Å². The van der Waals surface area contributed by atoms with Crippen LogP contribution in [-0.2, 0) is 9.36 Å². The number of carboxylic acid groups (broad SMARTS) is 1. The van der Waals surface area contributed by atoms with E-state index in [0.717, 1.165) is 25.7 Å². The molecule has 150 valence electrons. The minimum absolute atomic E-state index is 0.0370. The minimum atomic E-state index is -3.78. The zero-order valence-electron chi connectivity index (χ0n) is 15.8. The molecule has 0 aromatic rings. The van der Waals surface area contributed by atoms with Gasteiger partial charge in [0.05, 0.1) is 0 Å². The van der Waals surface area contributed by atoms with E-state index < -0.39 is 13.6 Å². The van der Waals surface area contributed by atoms with Crippen molar-refractivity contribution in [3.63, 3.8) is 0 Å². The molecule has 0 amide bonds. The molecule has 0 radical (unpaired) electrons. The maximum atomic E-state index is 10.7. The summed E-state index contributed by atoms with van der Waals surface area (Å²) in [6.07, 6.45) is 18.8. The number of hydrogen-bond acceptors (Lipinski definition) is 2. The topological polar surface area (TPSA) is 94.8 Å². The lowest BCUT2D eigenvalue weighted by molar-refractivity contribution is -0.137. The van der Waals surface area contributed by atoms with Crippen LogP contribution >= 0.6 is 7.60 Å². The molecule has 5 nitrogen and oxygen atoms in total. The predicted molar refractivity (Wildman–Crippen MR) is 103 cm³/mol. The van der Waals surface area contributed by atoms with Gasteiger partial charge in [-0.2, -0.15) is 0 Å². The fourth-order valence-corrected chi connectivity index (χ4v) is 3.70. The van der Waals surface area contributed by atoms with Crippen LogP contribution in [0.15, 0.2) is 0 Å². The largest absolute Gasteiger partial charge is 0.481 e. The Kier molecular flexibility index (Phi) is 16.8. The summed E-state index contributed by atoms with van der Waals surface area (Å²) in [7, 11) is -3.78. The van der Waals surface area contributed by atoms with Gasteiger partial charge in [-0.3, -0.25) is 9.36 Å². The first kappa shape index (κ1) is 24.6. The second-order valence-electron chi connectivity index (χ2n) is 7.19. The third-order valence-corrected chi connectivity index (χ3v) is 5.49. The van der Waals surface area contributed by atoms with Crippen molar-refractivity contribution in [2.24, 2.45) is 0 Å². The highest BCUT2D eigenvalue weighted by Crippen LogP contribution is 2.35. The molecule has 0 aliphatic carbocycles. The molecule has 0 spiro atoms. The third kappa shape index (κ3) is 23.6. The smallest absolute Gasteiger partial charge is 0.325 e. The van der Waals surface area contributed by atoms with Crippen molar-refractivity contribution in [1.82, 2.24) is 0 Å². The number of carbonyl (C=O) groups is 1. The first-order valence-corrected chi connectivity index (χ1v) is 12.0. The first-order chi connectivity index (χ1) is 11.9. The number of rotatable bonds is 19. The van der Waals surface area contributed by atoms with Crippen LogP contribution in [0, 0.1) is 0 Å². The van der Waals surface area contributed by atoms with Crippen LogP contribution in [0.2, 0.25) is 0 Å². The average molecular weight is 378 g/mol. The zero-order chi connectivity index (χ0) is 18.8. The summed E-state index contributed by atoms with van der Waals surface area (Å²) in [5.41, 5.74) is 0. The quantitative estimate of drug-likeness (QED) is 0.193. The standard InChI is InChI=1S/C19H39O5P/c20-19(21)17-15-13-11-9-7-5-3-1-2-4-6-8-10-12-14-16-18-25(22,23)24/h1-18H2,(H,20,21)(H2,22,23,24). The molecule has 0 rings (SSSR count). The fourth-order valence-electron chi connectivity index (χ4n) is 3.07. The summed E-state index contributed by atoms with van der Waals surface area (Å²) in [4.78, 5) is 27.9. The van der Waals surface area contributed by atoms with E-state index in [1.54, 1.807) is 0 Å². The lowest BCUT2D eigenvalue weighted by atomic mass is 10.0. The van der Waals surface area contributed by atoms with Crippen molar-refractivity contribution in [1.29, 1.82) is 0 Å². The Morgan fingerprint density at radius 3 is 1.12 bits per heavy atom. The van der Waals surface area contributed by atoms with Crippen LogP contribution < -0.4 is 0 Å². The Morgan fingerprint density at radius 2 is 0.840 bits per heavy atom. The van der Waals surface area contributed by atoms with Crippen LogP contribution in [0.1, 0.15) is 109 Å². The van der Waals surface area contributed by atoms with Crippen LogP contribution in [0.5, 0.6) is 0 Å². The highest BCUT2D eigenvalue weighted by molar-refractivity contribution is 7.51. The highest BCUT2D eigenvalue weighted by atomic mass is 31.2. The SMILES string of the molecule is O=C(O)CCCCCCCCCCCCCCCCCCP(=O)(O)O. The van der Waals surface area contributed by atoms with Crippen molar-refractivity contribution >= 4 is 13.6 Å². The number of aliphatic carboxylic acids is 1. The van der Waals surface area contributed by atoms with Gasteiger partial charge in [0, 0.05) is 12.6 Å². The summed E-state index contributed by atoms with van der Waals surface area (Å²) in [5, 5.41) is 8.54. The van der Waals surface area contributed by atoms with Gasteiger partial charge in [0.25, 0.3) is 0 Å². The summed E-state index contributed by atoms with van der Waals surface area (Å²) in [6, 6.07) is 0. The summed E-state index contributed by atoms with van der Waals surface area (Å²) < 4.78 is 10.7. The van der Waals surface area contributed by atoms with Gasteiger partial charge in [-0.05, 0) is 12.8 Å². The Hall–Kier alpha value is -0.380. The molecule has 0 aliphatic heterocycles. The van der Waals surface area contributed by atoms with E-state index in [9.17, 15) is 9.36 Å². The van der Waals surface area contributed by atoms with Crippen LogP contribution in [0.25, 0.3) is 0 Å².